The van der Waals surface area contributed by atoms with Gasteiger partial charge in [0.05, 0.1) is 12.9 Å². The SMILES string of the molecule is C/C=C(/OC)C(C)C. The fraction of sp³-hybridized carbons (Fsp3) is 0.714. The van der Waals surface area contributed by atoms with Gasteiger partial charge in [-0.05, 0) is 13.0 Å². The Balaban J connectivity index is 3.72. The van der Waals surface area contributed by atoms with Crippen LogP contribution in [0.4, 0.5) is 0 Å². The van der Waals surface area contributed by atoms with E-state index in [4.69, 9.17) is 4.74 Å². The van der Waals surface area contributed by atoms with E-state index in [1.165, 1.54) is 0 Å². The quantitative estimate of drug-likeness (QED) is 0.500. The lowest BCUT2D eigenvalue weighted by molar-refractivity contribution is 0.253. The third-order valence-electron chi connectivity index (χ3n) is 1.09. The molecule has 0 atom stereocenters. The summed E-state index contributed by atoms with van der Waals surface area (Å²) in [6.07, 6.45) is 1.99. The zero-order chi connectivity index (χ0) is 6.57. The van der Waals surface area contributed by atoms with Gasteiger partial charge in [0.2, 0.25) is 0 Å². The minimum Gasteiger partial charge on any atom is -0.501 e. The molecule has 0 aliphatic heterocycles. The molecule has 0 radical (unpaired) electrons. The second-order valence-electron chi connectivity index (χ2n) is 2.05. The van der Waals surface area contributed by atoms with Crippen molar-refractivity contribution in [3.63, 3.8) is 0 Å². The van der Waals surface area contributed by atoms with E-state index in [2.05, 4.69) is 13.8 Å². The summed E-state index contributed by atoms with van der Waals surface area (Å²) in [6.45, 7) is 6.20. The van der Waals surface area contributed by atoms with Gasteiger partial charge in [0.15, 0.2) is 0 Å². The van der Waals surface area contributed by atoms with E-state index in [1.807, 2.05) is 13.0 Å². The van der Waals surface area contributed by atoms with Crippen molar-refractivity contribution in [3.05, 3.63) is 11.8 Å². The average Bonchev–Trinajstić information content (AvgIpc) is 1.69. The fourth-order valence-electron chi connectivity index (χ4n) is 0.687. The first-order valence-electron chi connectivity index (χ1n) is 2.92. The summed E-state index contributed by atoms with van der Waals surface area (Å²) in [6, 6.07) is 0. The molecule has 0 aliphatic carbocycles. The van der Waals surface area contributed by atoms with Crippen molar-refractivity contribution in [1.29, 1.82) is 0 Å². The molecule has 0 N–H and O–H groups in total. The number of hydrogen-bond donors (Lipinski definition) is 0. The van der Waals surface area contributed by atoms with Crippen molar-refractivity contribution < 1.29 is 4.74 Å². The topological polar surface area (TPSA) is 9.23 Å². The first-order valence-corrected chi connectivity index (χ1v) is 2.92. The first-order chi connectivity index (χ1) is 3.72. The van der Waals surface area contributed by atoms with E-state index >= 15 is 0 Å². The molecule has 0 aromatic carbocycles. The normalized spacial score (nSPS) is 12.4. The molecule has 8 heavy (non-hydrogen) atoms. The van der Waals surface area contributed by atoms with Gasteiger partial charge in [-0.3, -0.25) is 0 Å². The fourth-order valence-corrected chi connectivity index (χ4v) is 0.687. The molecule has 48 valence electrons. The van der Waals surface area contributed by atoms with E-state index < -0.39 is 0 Å². The van der Waals surface area contributed by atoms with Crippen LogP contribution in [0, 0.1) is 5.92 Å². The second kappa shape index (κ2) is 3.53. The Labute approximate surface area is 51.4 Å². The van der Waals surface area contributed by atoms with Crippen LogP contribution >= 0.6 is 0 Å². The van der Waals surface area contributed by atoms with Crippen LogP contribution in [-0.2, 0) is 4.74 Å². The number of rotatable bonds is 2. The molecule has 0 saturated heterocycles. The van der Waals surface area contributed by atoms with Crippen LogP contribution in [0.25, 0.3) is 0 Å². The standard InChI is InChI=1S/C7H14O/c1-5-7(8-4)6(2)3/h5-6H,1-4H3/b7-5+. The van der Waals surface area contributed by atoms with E-state index in [-0.39, 0.29) is 0 Å². The molecule has 0 aromatic rings. The highest BCUT2D eigenvalue weighted by atomic mass is 16.5. The number of ether oxygens (including phenoxy) is 1. The molecule has 0 amide bonds. The van der Waals surface area contributed by atoms with Crippen LogP contribution in [0.15, 0.2) is 11.8 Å². The lowest BCUT2D eigenvalue weighted by Crippen LogP contribution is -1.94. The second-order valence-corrected chi connectivity index (χ2v) is 2.05. The molecule has 0 unspecified atom stereocenters. The highest BCUT2D eigenvalue weighted by molar-refractivity contribution is 4.92. The Hall–Kier alpha value is -0.460. The molecular formula is C7H14O. The van der Waals surface area contributed by atoms with Gasteiger partial charge in [-0.1, -0.05) is 13.8 Å². The predicted molar refractivity (Wildman–Crippen MR) is 35.6 cm³/mol. The zero-order valence-electron chi connectivity index (χ0n) is 6.06. The Morgan fingerprint density at radius 1 is 1.50 bits per heavy atom. The number of allylic oxidation sites excluding steroid dienone is 2. The summed E-state index contributed by atoms with van der Waals surface area (Å²) >= 11 is 0. The van der Waals surface area contributed by atoms with E-state index in [0.717, 1.165) is 5.76 Å². The molecule has 0 aliphatic rings. The van der Waals surface area contributed by atoms with E-state index in [0.29, 0.717) is 5.92 Å². The van der Waals surface area contributed by atoms with Crippen LogP contribution in [-0.4, -0.2) is 7.11 Å². The van der Waals surface area contributed by atoms with Gasteiger partial charge < -0.3 is 4.74 Å². The highest BCUT2D eigenvalue weighted by Gasteiger charge is 1.97. The molecule has 1 nitrogen and oxygen atoms in total. The summed E-state index contributed by atoms with van der Waals surface area (Å²) in [7, 11) is 1.70. The molecule has 0 aromatic heterocycles. The molecule has 0 spiro atoms. The van der Waals surface area contributed by atoms with E-state index in [1.54, 1.807) is 7.11 Å². The van der Waals surface area contributed by atoms with Gasteiger partial charge in [-0.2, -0.15) is 0 Å². The van der Waals surface area contributed by atoms with Crippen molar-refractivity contribution in [3.8, 4) is 0 Å². The van der Waals surface area contributed by atoms with Crippen molar-refractivity contribution in [2.45, 2.75) is 20.8 Å². The van der Waals surface area contributed by atoms with Crippen LogP contribution in [0.1, 0.15) is 20.8 Å². The van der Waals surface area contributed by atoms with Crippen LogP contribution in [0.5, 0.6) is 0 Å². The largest absolute Gasteiger partial charge is 0.501 e. The molecular weight excluding hydrogens is 100 g/mol. The van der Waals surface area contributed by atoms with Crippen molar-refractivity contribution >= 4 is 0 Å². The summed E-state index contributed by atoms with van der Waals surface area (Å²) in [4.78, 5) is 0. The van der Waals surface area contributed by atoms with Crippen molar-refractivity contribution in [2.24, 2.45) is 5.92 Å². The summed E-state index contributed by atoms with van der Waals surface area (Å²) in [5.41, 5.74) is 0. The van der Waals surface area contributed by atoms with Crippen LogP contribution < -0.4 is 0 Å². The lowest BCUT2D eigenvalue weighted by Gasteiger charge is -2.07. The molecule has 1 heteroatoms. The van der Waals surface area contributed by atoms with Gasteiger partial charge >= 0.3 is 0 Å². The molecule has 0 fully saturated rings. The van der Waals surface area contributed by atoms with Gasteiger partial charge in [-0.25, -0.2) is 0 Å². The average molecular weight is 114 g/mol. The predicted octanol–water partition coefficient (Wildman–Crippen LogP) is 2.19. The number of hydrogen-bond acceptors (Lipinski definition) is 1. The summed E-state index contributed by atoms with van der Waals surface area (Å²) in [5.74, 6) is 1.58. The van der Waals surface area contributed by atoms with Gasteiger partial charge in [-0.15, -0.1) is 0 Å². The molecule has 0 rings (SSSR count). The Kier molecular flexibility index (Phi) is 3.33. The smallest absolute Gasteiger partial charge is 0.0938 e. The minimum atomic E-state index is 0.519. The third-order valence-corrected chi connectivity index (χ3v) is 1.09. The summed E-state index contributed by atoms with van der Waals surface area (Å²) in [5, 5.41) is 0. The van der Waals surface area contributed by atoms with Gasteiger partial charge in [0.1, 0.15) is 0 Å². The maximum Gasteiger partial charge on any atom is 0.0938 e. The zero-order valence-corrected chi connectivity index (χ0v) is 6.06. The van der Waals surface area contributed by atoms with Crippen LogP contribution in [0.3, 0.4) is 0 Å². The molecule has 0 saturated carbocycles. The minimum absolute atomic E-state index is 0.519. The maximum atomic E-state index is 5.02. The lowest BCUT2D eigenvalue weighted by atomic mass is 10.2. The third kappa shape index (κ3) is 2.01. The van der Waals surface area contributed by atoms with Crippen molar-refractivity contribution in [1.82, 2.24) is 0 Å². The first kappa shape index (κ1) is 7.54. The van der Waals surface area contributed by atoms with Crippen molar-refractivity contribution in [2.75, 3.05) is 7.11 Å². The monoisotopic (exact) mass is 114 g/mol. The Morgan fingerprint density at radius 2 is 2.00 bits per heavy atom. The Bertz CT molecular complexity index is 82.4. The summed E-state index contributed by atoms with van der Waals surface area (Å²) < 4.78 is 5.02. The Morgan fingerprint density at radius 3 is 2.00 bits per heavy atom. The van der Waals surface area contributed by atoms with E-state index in [9.17, 15) is 0 Å². The molecule has 0 bridgehead atoms. The maximum absolute atomic E-state index is 5.02. The highest BCUT2D eigenvalue weighted by Crippen LogP contribution is 2.07. The van der Waals surface area contributed by atoms with Gasteiger partial charge in [0, 0.05) is 5.92 Å². The van der Waals surface area contributed by atoms with Crippen LogP contribution in [0.2, 0.25) is 0 Å². The molecule has 0 heterocycles. The number of methoxy groups -OCH3 is 1. The van der Waals surface area contributed by atoms with Gasteiger partial charge in [0.25, 0.3) is 0 Å².